The van der Waals surface area contributed by atoms with E-state index in [-0.39, 0.29) is 0 Å². The van der Waals surface area contributed by atoms with Crippen molar-refractivity contribution < 1.29 is 0 Å². The molecule has 0 fully saturated rings. The minimum atomic E-state index is 0.535. The molecule has 0 aromatic heterocycles. The maximum Gasteiger partial charge on any atom is 0.00893 e. The van der Waals surface area contributed by atoms with Crippen molar-refractivity contribution in [2.24, 2.45) is 0 Å². The molecule has 0 amide bonds. The Morgan fingerprint density at radius 2 is 1.20 bits per heavy atom. The fourth-order valence-electron chi connectivity index (χ4n) is 2.62. The van der Waals surface area contributed by atoms with Crippen LogP contribution in [-0.4, -0.2) is 6.16 Å². The summed E-state index contributed by atoms with van der Waals surface area (Å²) in [6, 6.07) is 18.1. The van der Waals surface area contributed by atoms with Gasteiger partial charge in [-0.05, 0) is 44.0 Å². The number of hydrogen-bond acceptors (Lipinski definition) is 0. The Hall–Kier alpha value is -1.13. The lowest BCUT2D eigenvalue weighted by molar-refractivity contribution is 0.653. The van der Waals surface area contributed by atoms with Crippen molar-refractivity contribution in [1.29, 1.82) is 0 Å². The third-order valence-electron chi connectivity index (χ3n) is 3.91. The molecule has 0 nitrogen and oxygen atoms in total. The van der Waals surface area contributed by atoms with Crippen LogP contribution in [0.25, 0.3) is 0 Å². The lowest BCUT2D eigenvalue weighted by atomic mass is 9.86. The maximum atomic E-state index is 2.83. The molecule has 0 bridgehead atoms. The molecule has 1 atom stereocenters. The van der Waals surface area contributed by atoms with Gasteiger partial charge in [-0.1, -0.05) is 66.1 Å². The molecule has 0 radical (unpaired) electrons. The van der Waals surface area contributed by atoms with E-state index in [1.54, 1.807) is 0 Å². The highest BCUT2D eigenvalue weighted by Crippen LogP contribution is 2.30. The van der Waals surface area contributed by atoms with E-state index in [2.05, 4.69) is 71.6 Å². The predicted molar refractivity (Wildman–Crippen MR) is 92.6 cm³/mol. The van der Waals surface area contributed by atoms with Gasteiger partial charge in [0.2, 0.25) is 0 Å². The molecule has 0 aliphatic heterocycles. The van der Waals surface area contributed by atoms with Crippen molar-refractivity contribution in [2.45, 2.75) is 39.0 Å². The highest BCUT2D eigenvalue weighted by Gasteiger charge is 2.13. The predicted octanol–water partition coefficient (Wildman–Crippen LogP) is 5.48. The Bertz CT molecular complexity index is 465. The number of hydrogen-bond donors (Lipinski definition) is 0. The van der Waals surface area contributed by atoms with Crippen LogP contribution < -0.4 is 0 Å². The monoisotopic (exact) mass is 284 g/mol. The third kappa shape index (κ3) is 4.18. The maximum absolute atomic E-state index is 2.83. The number of rotatable bonds is 6. The van der Waals surface area contributed by atoms with Crippen LogP contribution in [0.15, 0.2) is 48.5 Å². The van der Waals surface area contributed by atoms with Crippen LogP contribution in [0.5, 0.6) is 0 Å². The van der Waals surface area contributed by atoms with Gasteiger partial charge in [0.05, 0.1) is 0 Å². The summed E-state index contributed by atoms with van der Waals surface area (Å²) in [7, 11) is 2.83. The second-order valence-corrected chi connectivity index (χ2v) is 6.24. The minimum Gasteiger partial charge on any atom is -0.138 e. The Labute approximate surface area is 125 Å². The van der Waals surface area contributed by atoms with Crippen molar-refractivity contribution in [2.75, 3.05) is 6.16 Å². The van der Waals surface area contributed by atoms with E-state index in [4.69, 9.17) is 0 Å². The zero-order valence-corrected chi connectivity index (χ0v) is 13.8. The summed E-state index contributed by atoms with van der Waals surface area (Å²) >= 11 is 0. The third-order valence-corrected chi connectivity index (χ3v) is 4.31. The Morgan fingerprint density at radius 1 is 0.750 bits per heavy atom. The van der Waals surface area contributed by atoms with Crippen molar-refractivity contribution in [1.82, 2.24) is 0 Å². The average Bonchev–Trinajstić information content (AvgIpc) is 2.46. The topological polar surface area (TPSA) is 0 Å². The molecule has 0 saturated heterocycles. The van der Waals surface area contributed by atoms with Gasteiger partial charge in [0.15, 0.2) is 0 Å². The van der Waals surface area contributed by atoms with E-state index in [0.717, 1.165) is 0 Å². The fraction of sp³-hybridized carbons (Fsp3) is 0.368. The summed E-state index contributed by atoms with van der Waals surface area (Å²) in [4.78, 5) is 0. The van der Waals surface area contributed by atoms with Crippen molar-refractivity contribution in [3.8, 4) is 0 Å². The summed E-state index contributed by atoms with van der Waals surface area (Å²) in [5, 5.41) is 0. The fourth-order valence-corrected chi connectivity index (χ4v) is 2.90. The lowest BCUT2D eigenvalue weighted by Crippen LogP contribution is -2.02. The van der Waals surface area contributed by atoms with Gasteiger partial charge in [0, 0.05) is 5.92 Å². The van der Waals surface area contributed by atoms with Crippen LogP contribution in [0.4, 0.5) is 0 Å². The van der Waals surface area contributed by atoms with Crippen molar-refractivity contribution in [3.63, 3.8) is 0 Å². The quantitative estimate of drug-likeness (QED) is 0.486. The van der Waals surface area contributed by atoms with E-state index >= 15 is 0 Å². The molecule has 0 aliphatic carbocycles. The second-order valence-electron chi connectivity index (χ2n) is 5.66. The van der Waals surface area contributed by atoms with Crippen LogP contribution in [-0.2, 0) is 0 Å². The minimum absolute atomic E-state index is 0.535. The molecule has 106 valence electrons. The molecule has 2 rings (SSSR count). The van der Waals surface area contributed by atoms with Crippen LogP contribution in [0.3, 0.4) is 0 Å². The summed E-state index contributed by atoms with van der Waals surface area (Å²) < 4.78 is 0. The first kappa shape index (κ1) is 15.3. The first-order chi connectivity index (χ1) is 9.70. The van der Waals surface area contributed by atoms with Crippen LogP contribution in [0, 0.1) is 13.8 Å². The number of aryl methyl sites for hydroxylation is 2. The second kappa shape index (κ2) is 7.60. The number of unbranched alkanes of at least 4 members (excludes halogenated alkanes) is 1. The average molecular weight is 284 g/mol. The molecule has 2 aromatic carbocycles. The standard InChI is InChI=1S/C19H25P/c1-15-6-10-17(11-7-15)19(5-3-4-14-20)18-12-8-16(2)9-13-18/h6-13,19H,3-5,14,20H2,1-2H3. The Kier molecular flexibility index (Phi) is 5.80. The highest BCUT2D eigenvalue weighted by atomic mass is 31.0. The number of benzene rings is 2. The van der Waals surface area contributed by atoms with Gasteiger partial charge >= 0.3 is 0 Å². The van der Waals surface area contributed by atoms with Crippen LogP contribution in [0.1, 0.15) is 47.4 Å². The van der Waals surface area contributed by atoms with Gasteiger partial charge in [-0.2, -0.15) is 0 Å². The van der Waals surface area contributed by atoms with Crippen molar-refractivity contribution >= 4 is 9.24 Å². The zero-order chi connectivity index (χ0) is 14.4. The first-order valence-electron chi connectivity index (χ1n) is 7.54. The first-order valence-corrected chi connectivity index (χ1v) is 8.35. The van der Waals surface area contributed by atoms with Crippen LogP contribution in [0.2, 0.25) is 0 Å². The van der Waals surface area contributed by atoms with E-state index in [9.17, 15) is 0 Å². The zero-order valence-electron chi connectivity index (χ0n) is 12.6. The molecule has 1 unspecified atom stereocenters. The van der Waals surface area contributed by atoms with Crippen molar-refractivity contribution in [3.05, 3.63) is 70.8 Å². The normalized spacial score (nSPS) is 11.0. The van der Waals surface area contributed by atoms with E-state index in [1.165, 1.54) is 47.7 Å². The largest absolute Gasteiger partial charge is 0.138 e. The molecule has 0 spiro atoms. The summed E-state index contributed by atoms with van der Waals surface area (Å²) in [5.74, 6) is 0.535. The molecule has 0 heterocycles. The van der Waals surface area contributed by atoms with E-state index in [1.807, 2.05) is 0 Å². The molecular formula is C19H25P. The Morgan fingerprint density at radius 3 is 1.60 bits per heavy atom. The van der Waals surface area contributed by atoms with Gasteiger partial charge in [-0.25, -0.2) is 0 Å². The molecular weight excluding hydrogens is 259 g/mol. The van der Waals surface area contributed by atoms with Gasteiger partial charge in [-0.3, -0.25) is 0 Å². The SMILES string of the molecule is Cc1ccc(C(CCCCP)c2ccc(C)cc2)cc1. The summed E-state index contributed by atoms with van der Waals surface area (Å²) in [6.45, 7) is 4.30. The van der Waals surface area contributed by atoms with E-state index in [0.29, 0.717) is 5.92 Å². The highest BCUT2D eigenvalue weighted by molar-refractivity contribution is 7.16. The molecule has 0 aliphatic rings. The molecule has 0 N–H and O–H groups in total. The van der Waals surface area contributed by atoms with Crippen LogP contribution >= 0.6 is 9.24 Å². The van der Waals surface area contributed by atoms with E-state index < -0.39 is 0 Å². The molecule has 1 heteroatoms. The summed E-state index contributed by atoms with van der Waals surface area (Å²) in [5.41, 5.74) is 5.56. The van der Waals surface area contributed by atoms with Gasteiger partial charge in [-0.15, -0.1) is 9.24 Å². The Balaban J connectivity index is 2.23. The van der Waals surface area contributed by atoms with Gasteiger partial charge in [0.25, 0.3) is 0 Å². The summed E-state index contributed by atoms with van der Waals surface area (Å²) in [6.07, 6.45) is 5.02. The molecule has 0 saturated carbocycles. The van der Waals surface area contributed by atoms with Gasteiger partial charge < -0.3 is 0 Å². The lowest BCUT2D eigenvalue weighted by Gasteiger charge is -2.18. The molecule has 20 heavy (non-hydrogen) atoms. The smallest absolute Gasteiger partial charge is 0.00893 e. The molecule has 2 aromatic rings. The van der Waals surface area contributed by atoms with Gasteiger partial charge in [0.1, 0.15) is 0 Å².